The molecule has 0 radical (unpaired) electrons. The predicted molar refractivity (Wildman–Crippen MR) is 180 cm³/mol. The van der Waals surface area contributed by atoms with Crippen LogP contribution in [0.1, 0.15) is 72.1 Å². The summed E-state index contributed by atoms with van der Waals surface area (Å²) in [6.45, 7) is 6.63. The second kappa shape index (κ2) is 15.8. The summed E-state index contributed by atoms with van der Waals surface area (Å²) in [5.41, 5.74) is 4.60. The molecular formula is C34H44KN5O6. The van der Waals surface area contributed by atoms with E-state index in [2.05, 4.69) is 5.32 Å². The number of aromatic nitrogens is 4. The monoisotopic (exact) mass is 657 g/mol. The molecule has 242 valence electrons. The number of amides is 1. The summed E-state index contributed by atoms with van der Waals surface area (Å²) < 4.78 is 20.5. The molecule has 1 aliphatic rings. The number of ether oxygens (including phenoxy) is 3. The van der Waals surface area contributed by atoms with E-state index >= 15 is 0 Å². The van der Waals surface area contributed by atoms with Gasteiger partial charge in [0.1, 0.15) is 22.9 Å². The first-order valence-corrected chi connectivity index (χ1v) is 15.5. The number of carbonyl (C=O) groups excluding carboxylic acids is 1. The molecule has 2 heterocycles. The Morgan fingerprint density at radius 1 is 0.913 bits per heavy atom. The Hall–Kier alpha value is -2.90. The van der Waals surface area contributed by atoms with Crippen molar-refractivity contribution < 1.29 is 28.9 Å². The molecule has 4 aromatic rings. The standard InChI is InChI=1S/C34H43N5O6.K.H/c1-20-16-30(45-6)25(18-28(20)43-4)32-35-34(37-39(32)15-12-23-10-8-7-9-11-23)36-33(42)27-17-24-21(2)22(3)29(44-5)19-26(24)38(27)14-13-31(40)41;;/h16-19,23H,7-15H2,1-6H3,(H,40,41)(H,36,37,42);;. The summed E-state index contributed by atoms with van der Waals surface area (Å²) in [6.07, 6.45) is 7.02. The summed E-state index contributed by atoms with van der Waals surface area (Å²) in [5.74, 6) is 1.96. The molecule has 1 amide bonds. The summed E-state index contributed by atoms with van der Waals surface area (Å²) in [4.78, 5) is 30.2. The number of fused-ring (bicyclic) bond motifs is 1. The van der Waals surface area contributed by atoms with Crippen molar-refractivity contribution in [1.82, 2.24) is 19.3 Å². The van der Waals surface area contributed by atoms with Crippen molar-refractivity contribution in [1.29, 1.82) is 0 Å². The summed E-state index contributed by atoms with van der Waals surface area (Å²) in [5, 5.41) is 18.0. The fraction of sp³-hybridized carbons (Fsp3) is 0.471. The van der Waals surface area contributed by atoms with Gasteiger partial charge in [0, 0.05) is 24.5 Å². The van der Waals surface area contributed by atoms with Gasteiger partial charge >= 0.3 is 57.4 Å². The van der Waals surface area contributed by atoms with Gasteiger partial charge in [-0.25, -0.2) is 4.68 Å². The third-order valence-electron chi connectivity index (χ3n) is 9.07. The third kappa shape index (κ3) is 7.62. The van der Waals surface area contributed by atoms with Gasteiger partial charge in [0.15, 0.2) is 5.82 Å². The maximum atomic E-state index is 13.9. The van der Waals surface area contributed by atoms with Crippen molar-refractivity contribution in [2.75, 3.05) is 26.6 Å². The summed E-state index contributed by atoms with van der Waals surface area (Å²) >= 11 is 0. The molecular weight excluding hydrogens is 614 g/mol. The van der Waals surface area contributed by atoms with Crippen LogP contribution in [0.4, 0.5) is 5.95 Å². The molecule has 1 saturated carbocycles. The zero-order valence-electron chi connectivity index (χ0n) is 27.0. The van der Waals surface area contributed by atoms with Crippen LogP contribution in [0.15, 0.2) is 24.3 Å². The second-order valence-corrected chi connectivity index (χ2v) is 11.8. The molecule has 5 rings (SSSR count). The van der Waals surface area contributed by atoms with Gasteiger partial charge in [0.05, 0.1) is 38.8 Å². The third-order valence-corrected chi connectivity index (χ3v) is 9.07. The number of aliphatic carboxylic acids is 1. The van der Waals surface area contributed by atoms with E-state index in [0.717, 1.165) is 34.0 Å². The zero-order chi connectivity index (χ0) is 32.2. The van der Waals surface area contributed by atoms with Crippen molar-refractivity contribution in [3.8, 4) is 28.6 Å². The molecule has 46 heavy (non-hydrogen) atoms. The Bertz CT molecular complexity index is 1720. The van der Waals surface area contributed by atoms with E-state index in [4.69, 9.17) is 24.3 Å². The molecule has 1 fully saturated rings. The van der Waals surface area contributed by atoms with Gasteiger partial charge in [-0.05, 0) is 68.0 Å². The van der Waals surface area contributed by atoms with E-state index in [0.29, 0.717) is 46.8 Å². The van der Waals surface area contributed by atoms with Gasteiger partial charge in [-0.2, -0.15) is 4.98 Å². The van der Waals surface area contributed by atoms with Crippen molar-refractivity contribution in [3.63, 3.8) is 0 Å². The molecule has 12 heteroatoms. The number of carboxylic acid groups (broad SMARTS) is 1. The van der Waals surface area contributed by atoms with Crippen LogP contribution >= 0.6 is 0 Å². The summed E-state index contributed by atoms with van der Waals surface area (Å²) in [6, 6.07) is 7.45. The quantitative estimate of drug-likeness (QED) is 0.180. The molecule has 0 aliphatic heterocycles. The van der Waals surface area contributed by atoms with E-state index in [1.54, 1.807) is 32.0 Å². The number of rotatable bonds is 12. The van der Waals surface area contributed by atoms with Crippen LogP contribution in [0.25, 0.3) is 22.3 Å². The number of carbonyl (C=O) groups is 2. The minimum atomic E-state index is -0.954. The van der Waals surface area contributed by atoms with Crippen LogP contribution in [0.3, 0.4) is 0 Å². The van der Waals surface area contributed by atoms with Crippen molar-refractivity contribution in [2.45, 2.75) is 78.8 Å². The number of carboxylic acids is 1. The zero-order valence-corrected chi connectivity index (χ0v) is 27.0. The van der Waals surface area contributed by atoms with E-state index in [1.807, 2.05) is 43.7 Å². The van der Waals surface area contributed by atoms with Crippen LogP contribution in [-0.2, 0) is 17.9 Å². The van der Waals surface area contributed by atoms with E-state index in [9.17, 15) is 14.7 Å². The van der Waals surface area contributed by atoms with Crippen LogP contribution in [0, 0.1) is 26.7 Å². The molecule has 0 saturated heterocycles. The van der Waals surface area contributed by atoms with Crippen molar-refractivity contribution in [2.24, 2.45) is 5.92 Å². The van der Waals surface area contributed by atoms with Crippen molar-refractivity contribution in [3.05, 3.63) is 46.6 Å². The minimum absolute atomic E-state index is 0. The van der Waals surface area contributed by atoms with Gasteiger partial charge in [-0.15, -0.1) is 5.10 Å². The number of hydrogen-bond donors (Lipinski definition) is 2. The van der Waals surface area contributed by atoms with Crippen LogP contribution in [0.5, 0.6) is 17.2 Å². The van der Waals surface area contributed by atoms with Gasteiger partial charge in [-0.1, -0.05) is 32.1 Å². The number of nitrogens with zero attached hydrogens (tertiary/aromatic N) is 4. The van der Waals surface area contributed by atoms with E-state index < -0.39 is 11.9 Å². The molecule has 1 aliphatic carbocycles. The molecule has 0 unspecified atom stereocenters. The van der Waals surface area contributed by atoms with Crippen LogP contribution < -0.4 is 19.5 Å². The Morgan fingerprint density at radius 2 is 1.61 bits per heavy atom. The van der Waals surface area contributed by atoms with Gasteiger partial charge < -0.3 is 23.9 Å². The molecule has 0 spiro atoms. The van der Waals surface area contributed by atoms with Gasteiger partial charge in [0.25, 0.3) is 5.91 Å². The SMILES string of the molecule is COc1cc(-c2nc(NC(=O)c3cc4c(C)c(C)c(OC)cc4n3CCC(=O)O)nn2CCC2CCCCC2)c(OC)cc1C.[KH]. The first-order chi connectivity index (χ1) is 21.6. The Morgan fingerprint density at radius 3 is 2.26 bits per heavy atom. The first kappa shape index (κ1) is 35.9. The molecule has 2 aromatic heterocycles. The normalized spacial score (nSPS) is 13.3. The number of benzene rings is 2. The van der Waals surface area contributed by atoms with Gasteiger partial charge in [-0.3, -0.25) is 14.9 Å². The number of nitrogens with one attached hydrogen (secondary N) is 1. The van der Waals surface area contributed by atoms with Gasteiger partial charge in [0.2, 0.25) is 5.95 Å². The first-order valence-electron chi connectivity index (χ1n) is 15.5. The van der Waals surface area contributed by atoms with Crippen molar-refractivity contribution >= 4 is 80.1 Å². The topological polar surface area (TPSA) is 130 Å². The van der Waals surface area contributed by atoms with E-state index in [1.165, 1.54) is 32.1 Å². The summed E-state index contributed by atoms with van der Waals surface area (Å²) in [7, 11) is 4.84. The molecule has 2 N–H and O–H groups in total. The second-order valence-electron chi connectivity index (χ2n) is 11.8. The van der Waals surface area contributed by atoms with Crippen LogP contribution in [0.2, 0.25) is 0 Å². The molecule has 0 bridgehead atoms. The van der Waals surface area contributed by atoms with Crippen LogP contribution in [-0.4, -0.2) is 109 Å². The number of methoxy groups -OCH3 is 3. The fourth-order valence-electron chi connectivity index (χ4n) is 6.41. The Labute approximate surface area is 312 Å². The number of aryl methyl sites for hydroxylation is 4. The number of anilines is 1. The molecule has 2 aromatic carbocycles. The average molecular weight is 658 g/mol. The maximum absolute atomic E-state index is 13.9. The molecule has 0 atom stereocenters. The Balaban J connectivity index is 0.00000480. The number of hydrogen-bond acceptors (Lipinski definition) is 7. The fourth-order valence-corrected chi connectivity index (χ4v) is 6.41. The predicted octanol–water partition coefficient (Wildman–Crippen LogP) is 5.90. The molecule has 11 nitrogen and oxygen atoms in total. The van der Waals surface area contributed by atoms with E-state index in [-0.39, 0.29) is 70.3 Å². The Kier molecular flexibility index (Phi) is 12.3. The average Bonchev–Trinajstić information content (AvgIpc) is 3.61.